The Hall–Kier alpha value is -1.03. The second-order valence-electron chi connectivity index (χ2n) is 2.50. The summed E-state index contributed by atoms with van der Waals surface area (Å²) in [5.41, 5.74) is 6.35. The number of hydrogen-bond acceptors (Lipinski definition) is 2. The highest BCUT2D eigenvalue weighted by atomic mass is 35.5. The van der Waals surface area contributed by atoms with Gasteiger partial charge in [0.2, 0.25) is 0 Å². The predicted octanol–water partition coefficient (Wildman–Crippen LogP) is 2.60. The molecular formula is C8H9ClF2N2. The number of alkyl halides is 2. The number of benzene rings is 1. The first kappa shape index (κ1) is 10.1. The second kappa shape index (κ2) is 4.28. The summed E-state index contributed by atoms with van der Waals surface area (Å²) in [5, 5.41) is 2.96. The molecule has 2 nitrogen and oxygen atoms in total. The minimum atomic E-state index is -2.40. The summed E-state index contributed by atoms with van der Waals surface area (Å²) in [6.07, 6.45) is -2.40. The largest absolute Gasteiger partial charge is 0.397 e. The lowest BCUT2D eigenvalue weighted by Crippen LogP contribution is -2.11. The summed E-state index contributed by atoms with van der Waals surface area (Å²) in [4.78, 5) is 0. The van der Waals surface area contributed by atoms with Crippen LogP contribution in [0.15, 0.2) is 18.2 Å². The Morgan fingerprint density at radius 1 is 1.46 bits per heavy atom. The zero-order chi connectivity index (χ0) is 9.84. The number of hydrogen-bond donors (Lipinski definition) is 2. The number of anilines is 2. The first-order valence-corrected chi connectivity index (χ1v) is 4.04. The lowest BCUT2D eigenvalue weighted by Gasteiger charge is -2.08. The van der Waals surface area contributed by atoms with Crippen LogP contribution in [-0.4, -0.2) is 13.0 Å². The Labute approximate surface area is 79.7 Å². The van der Waals surface area contributed by atoms with Crippen LogP contribution in [0.1, 0.15) is 0 Å². The summed E-state index contributed by atoms with van der Waals surface area (Å²) in [6, 6.07) is 4.68. The topological polar surface area (TPSA) is 38.0 Å². The number of halogens is 3. The van der Waals surface area contributed by atoms with E-state index < -0.39 is 13.0 Å². The maximum Gasteiger partial charge on any atom is 0.255 e. The van der Waals surface area contributed by atoms with E-state index in [1.807, 2.05) is 0 Å². The van der Waals surface area contributed by atoms with Crippen molar-refractivity contribution in [1.82, 2.24) is 0 Å². The van der Waals surface area contributed by atoms with Crippen LogP contribution >= 0.6 is 11.6 Å². The van der Waals surface area contributed by atoms with E-state index in [1.165, 1.54) is 6.07 Å². The van der Waals surface area contributed by atoms with Gasteiger partial charge in [-0.1, -0.05) is 11.6 Å². The van der Waals surface area contributed by atoms with Gasteiger partial charge in [-0.3, -0.25) is 0 Å². The van der Waals surface area contributed by atoms with Crippen LogP contribution in [0.3, 0.4) is 0 Å². The monoisotopic (exact) mass is 206 g/mol. The van der Waals surface area contributed by atoms with Crippen LogP contribution in [0.25, 0.3) is 0 Å². The predicted molar refractivity (Wildman–Crippen MR) is 50.4 cm³/mol. The maximum absolute atomic E-state index is 11.8. The van der Waals surface area contributed by atoms with Crippen molar-refractivity contribution in [3.63, 3.8) is 0 Å². The standard InChI is InChI=1S/C8H9ClF2N2/c9-5-1-2-6(12)7(3-5)13-4-8(10)11/h1-3,8,13H,4,12H2. The molecule has 0 aliphatic rings. The fraction of sp³-hybridized carbons (Fsp3) is 0.250. The van der Waals surface area contributed by atoms with Gasteiger partial charge in [-0.2, -0.15) is 0 Å². The Balaban J connectivity index is 2.70. The Morgan fingerprint density at radius 2 is 2.15 bits per heavy atom. The second-order valence-corrected chi connectivity index (χ2v) is 2.94. The molecule has 0 aromatic heterocycles. The van der Waals surface area contributed by atoms with Crippen molar-refractivity contribution in [2.24, 2.45) is 0 Å². The lowest BCUT2D eigenvalue weighted by molar-refractivity contribution is 0.163. The van der Waals surface area contributed by atoms with Crippen molar-refractivity contribution in [3.05, 3.63) is 23.2 Å². The van der Waals surface area contributed by atoms with Gasteiger partial charge in [-0.15, -0.1) is 0 Å². The van der Waals surface area contributed by atoms with Crippen LogP contribution < -0.4 is 11.1 Å². The van der Waals surface area contributed by atoms with E-state index >= 15 is 0 Å². The third kappa shape index (κ3) is 3.06. The first-order valence-electron chi connectivity index (χ1n) is 3.66. The summed E-state index contributed by atoms with van der Waals surface area (Å²) < 4.78 is 23.6. The van der Waals surface area contributed by atoms with Crippen molar-refractivity contribution < 1.29 is 8.78 Å². The number of rotatable bonds is 3. The molecule has 0 atom stereocenters. The summed E-state index contributed by atoms with van der Waals surface area (Å²) >= 11 is 5.65. The number of nitrogen functional groups attached to an aromatic ring is 1. The van der Waals surface area contributed by atoms with Crippen LogP contribution in [0, 0.1) is 0 Å². The summed E-state index contributed by atoms with van der Waals surface area (Å²) in [7, 11) is 0. The first-order chi connectivity index (χ1) is 6.09. The van der Waals surface area contributed by atoms with Crippen LogP contribution in [-0.2, 0) is 0 Å². The molecule has 0 saturated heterocycles. The molecule has 0 bridgehead atoms. The molecule has 72 valence electrons. The average molecular weight is 207 g/mol. The Morgan fingerprint density at radius 3 is 2.77 bits per heavy atom. The highest BCUT2D eigenvalue weighted by Gasteiger charge is 2.04. The summed E-state index contributed by atoms with van der Waals surface area (Å²) in [5.74, 6) is 0. The third-order valence-corrected chi connectivity index (χ3v) is 1.70. The SMILES string of the molecule is Nc1ccc(Cl)cc1NCC(F)F. The highest BCUT2D eigenvalue weighted by molar-refractivity contribution is 6.31. The van der Waals surface area contributed by atoms with Gasteiger partial charge in [0.15, 0.2) is 0 Å². The fourth-order valence-electron chi connectivity index (χ4n) is 0.869. The van der Waals surface area contributed by atoms with Crippen LogP contribution in [0.4, 0.5) is 20.2 Å². The zero-order valence-corrected chi connectivity index (χ0v) is 7.48. The molecule has 0 spiro atoms. The van der Waals surface area contributed by atoms with E-state index in [2.05, 4.69) is 5.32 Å². The highest BCUT2D eigenvalue weighted by Crippen LogP contribution is 2.22. The molecule has 0 unspecified atom stereocenters. The van der Waals surface area contributed by atoms with Crippen molar-refractivity contribution in [2.45, 2.75) is 6.43 Å². The molecule has 5 heteroatoms. The molecule has 0 radical (unpaired) electrons. The van der Waals surface area contributed by atoms with Gasteiger partial charge < -0.3 is 11.1 Å². The smallest absolute Gasteiger partial charge is 0.255 e. The average Bonchev–Trinajstić information content (AvgIpc) is 2.06. The molecule has 0 fully saturated rings. The van der Waals surface area contributed by atoms with E-state index in [0.717, 1.165) is 0 Å². The minimum Gasteiger partial charge on any atom is -0.397 e. The van der Waals surface area contributed by atoms with Gasteiger partial charge in [0.05, 0.1) is 17.9 Å². The molecule has 0 saturated carbocycles. The molecule has 13 heavy (non-hydrogen) atoms. The Kier molecular flexibility index (Phi) is 3.31. The molecule has 1 aromatic carbocycles. The van der Waals surface area contributed by atoms with E-state index in [1.54, 1.807) is 12.1 Å². The number of nitrogens with one attached hydrogen (secondary N) is 1. The molecule has 3 N–H and O–H groups in total. The van der Waals surface area contributed by atoms with Crippen molar-refractivity contribution in [2.75, 3.05) is 17.6 Å². The van der Waals surface area contributed by atoms with Crippen molar-refractivity contribution in [3.8, 4) is 0 Å². The van der Waals surface area contributed by atoms with E-state index in [9.17, 15) is 8.78 Å². The van der Waals surface area contributed by atoms with E-state index in [0.29, 0.717) is 16.4 Å². The molecule has 0 aliphatic heterocycles. The third-order valence-electron chi connectivity index (χ3n) is 1.46. The van der Waals surface area contributed by atoms with Crippen LogP contribution in [0.2, 0.25) is 5.02 Å². The van der Waals surface area contributed by atoms with Crippen LogP contribution in [0.5, 0.6) is 0 Å². The number of nitrogens with two attached hydrogens (primary N) is 1. The normalized spacial score (nSPS) is 10.5. The molecule has 1 aromatic rings. The molecular weight excluding hydrogens is 198 g/mol. The van der Waals surface area contributed by atoms with Crippen molar-refractivity contribution >= 4 is 23.0 Å². The quantitative estimate of drug-likeness (QED) is 0.746. The molecule has 0 amide bonds. The minimum absolute atomic E-state index is 0.407. The maximum atomic E-state index is 11.8. The zero-order valence-electron chi connectivity index (χ0n) is 6.73. The van der Waals surface area contributed by atoms with Gasteiger partial charge in [0.1, 0.15) is 0 Å². The van der Waals surface area contributed by atoms with Gasteiger partial charge in [-0.05, 0) is 18.2 Å². The van der Waals surface area contributed by atoms with Gasteiger partial charge >= 0.3 is 0 Å². The molecule has 0 heterocycles. The van der Waals surface area contributed by atoms with Gasteiger partial charge in [-0.25, -0.2) is 8.78 Å². The Bertz CT molecular complexity index is 291. The fourth-order valence-corrected chi connectivity index (χ4v) is 1.04. The van der Waals surface area contributed by atoms with Gasteiger partial charge in [0, 0.05) is 5.02 Å². The van der Waals surface area contributed by atoms with E-state index in [4.69, 9.17) is 17.3 Å². The van der Waals surface area contributed by atoms with Gasteiger partial charge in [0.25, 0.3) is 6.43 Å². The van der Waals surface area contributed by atoms with E-state index in [-0.39, 0.29) is 0 Å². The lowest BCUT2D eigenvalue weighted by atomic mass is 10.2. The van der Waals surface area contributed by atoms with Crippen molar-refractivity contribution in [1.29, 1.82) is 0 Å². The molecule has 0 aliphatic carbocycles. The molecule has 1 rings (SSSR count). The summed E-state index contributed by atoms with van der Waals surface area (Å²) in [6.45, 7) is -0.426.